The number of aryl methyl sites for hydroxylation is 1. The molecule has 0 fully saturated rings. The molecule has 4 N–H and O–H groups in total. The highest BCUT2D eigenvalue weighted by Crippen LogP contribution is 2.26. The number of rotatable bonds is 0. The lowest BCUT2D eigenvalue weighted by Crippen LogP contribution is -2.29. The Balaban J connectivity index is 2.44. The van der Waals surface area contributed by atoms with E-state index in [4.69, 9.17) is 5.73 Å². The monoisotopic (exact) mass is 192 g/mol. The first-order valence-electron chi connectivity index (χ1n) is 4.89. The van der Waals surface area contributed by atoms with E-state index in [1.54, 1.807) is 6.20 Å². The molecule has 0 aromatic carbocycles. The van der Waals surface area contributed by atoms with E-state index in [1.807, 2.05) is 6.92 Å². The number of anilines is 2. The summed E-state index contributed by atoms with van der Waals surface area (Å²) in [6.07, 6.45) is 1.72. The van der Waals surface area contributed by atoms with Crippen LogP contribution in [0.3, 0.4) is 0 Å². The van der Waals surface area contributed by atoms with Crippen LogP contribution in [0.1, 0.15) is 18.2 Å². The number of pyridine rings is 1. The Labute approximate surface area is 83.9 Å². The number of nitrogens with two attached hydrogens (primary N) is 1. The number of hydrogen-bond donors (Lipinski definition) is 3. The minimum atomic E-state index is 0.459. The summed E-state index contributed by atoms with van der Waals surface area (Å²) in [5.41, 5.74) is 9.89. The van der Waals surface area contributed by atoms with Crippen molar-refractivity contribution in [3.63, 3.8) is 0 Å². The van der Waals surface area contributed by atoms with E-state index >= 15 is 0 Å². The molecule has 1 unspecified atom stereocenters. The summed E-state index contributed by atoms with van der Waals surface area (Å²) in [7, 11) is 0. The van der Waals surface area contributed by atoms with Crippen molar-refractivity contribution in [1.29, 1.82) is 0 Å². The van der Waals surface area contributed by atoms with Gasteiger partial charge in [-0.2, -0.15) is 0 Å². The second-order valence-electron chi connectivity index (χ2n) is 3.82. The Kier molecular flexibility index (Phi) is 2.29. The molecule has 1 aromatic heterocycles. The van der Waals surface area contributed by atoms with Gasteiger partial charge in [0.25, 0.3) is 0 Å². The third kappa shape index (κ3) is 1.53. The van der Waals surface area contributed by atoms with Crippen LogP contribution in [0.25, 0.3) is 0 Å². The van der Waals surface area contributed by atoms with Crippen LogP contribution < -0.4 is 16.4 Å². The highest BCUT2D eigenvalue weighted by molar-refractivity contribution is 5.70. The lowest BCUT2D eigenvalue weighted by Gasteiger charge is -2.11. The van der Waals surface area contributed by atoms with Gasteiger partial charge in [0.2, 0.25) is 0 Å². The Hall–Kier alpha value is -1.29. The van der Waals surface area contributed by atoms with Gasteiger partial charge in [0.15, 0.2) is 0 Å². The van der Waals surface area contributed by atoms with E-state index in [0.717, 1.165) is 30.2 Å². The van der Waals surface area contributed by atoms with E-state index in [-0.39, 0.29) is 0 Å². The summed E-state index contributed by atoms with van der Waals surface area (Å²) in [6.45, 7) is 5.91. The quantitative estimate of drug-likeness (QED) is 0.571. The zero-order chi connectivity index (χ0) is 10.1. The maximum absolute atomic E-state index is 5.87. The topological polar surface area (TPSA) is 63.0 Å². The molecule has 1 aliphatic heterocycles. The molecule has 76 valence electrons. The van der Waals surface area contributed by atoms with E-state index in [9.17, 15) is 0 Å². The second kappa shape index (κ2) is 3.46. The van der Waals surface area contributed by atoms with Crippen LogP contribution >= 0.6 is 0 Å². The summed E-state index contributed by atoms with van der Waals surface area (Å²) in [4.78, 5) is 4.25. The van der Waals surface area contributed by atoms with Gasteiger partial charge in [-0.1, -0.05) is 0 Å². The summed E-state index contributed by atoms with van der Waals surface area (Å²) in [5, 5.41) is 6.77. The first-order chi connectivity index (χ1) is 6.68. The zero-order valence-corrected chi connectivity index (χ0v) is 8.59. The van der Waals surface area contributed by atoms with Crippen LogP contribution in [0.5, 0.6) is 0 Å². The van der Waals surface area contributed by atoms with Crippen LogP contribution in [-0.4, -0.2) is 17.6 Å². The van der Waals surface area contributed by atoms with Crippen LogP contribution in [-0.2, 0) is 6.54 Å². The summed E-state index contributed by atoms with van der Waals surface area (Å²) in [5.74, 6) is 0. The molecule has 1 atom stereocenters. The zero-order valence-electron chi connectivity index (χ0n) is 8.59. The van der Waals surface area contributed by atoms with E-state index in [1.165, 1.54) is 5.56 Å². The number of nitrogens with one attached hydrogen (secondary N) is 2. The van der Waals surface area contributed by atoms with Gasteiger partial charge in [-0.25, -0.2) is 0 Å². The first-order valence-corrected chi connectivity index (χ1v) is 4.89. The van der Waals surface area contributed by atoms with E-state index in [0.29, 0.717) is 6.04 Å². The van der Waals surface area contributed by atoms with Crippen LogP contribution in [0.2, 0.25) is 0 Å². The van der Waals surface area contributed by atoms with Crippen LogP contribution in [0, 0.1) is 6.92 Å². The van der Waals surface area contributed by atoms with Gasteiger partial charge in [0.1, 0.15) is 0 Å². The molecule has 0 radical (unpaired) electrons. The smallest absolute Gasteiger partial charge is 0.0739 e. The first kappa shape index (κ1) is 9.27. The summed E-state index contributed by atoms with van der Waals surface area (Å²) >= 11 is 0. The summed E-state index contributed by atoms with van der Waals surface area (Å²) in [6, 6.07) is 0.459. The molecule has 1 aromatic rings. The molecule has 14 heavy (non-hydrogen) atoms. The van der Waals surface area contributed by atoms with Crippen LogP contribution in [0.15, 0.2) is 6.20 Å². The lowest BCUT2D eigenvalue weighted by molar-refractivity contribution is 0.579. The van der Waals surface area contributed by atoms with Gasteiger partial charge >= 0.3 is 0 Å². The number of nitrogens with zero attached hydrogens (tertiary/aromatic N) is 1. The molecule has 0 aliphatic carbocycles. The van der Waals surface area contributed by atoms with E-state index in [2.05, 4.69) is 22.5 Å². The molecular weight excluding hydrogens is 176 g/mol. The number of fused-ring (bicyclic) bond motifs is 1. The van der Waals surface area contributed by atoms with Crippen molar-refractivity contribution >= 4 is 11.4 Å². The molecule has 2 heterocycles. The van der Waals surface area contributed by atoms with Crippen LogP contribution in [0.4, 0.5) is 11.4 Å². The van der Waals surface area contributed by atoms with Gasteiger partial charge in [-0.05, 0) is 13.8 Å². The molecule has 1 aliphatic rings. The van der Waals surface area contributed by atoms with Gasteiger partial charge in [0.05, 0.1) is 17.6 Å². The Morgan fingerprint density at radius 3 is 3.14 bits per heavy atom. The molecule has 0 spiro atoms. The molecule has 0 saturated carbocycles. The third-order valence-corrected chi connectivity index (χ3v) is 2.64. The highest BCUT2D eigenvalue weighted by atomic mass is 15.0. The molecule has 0 saturated heterocycles. The van der Waals surface area contributed by atoms with Crippen molar-refractivity contribution in [3.05, 3.63) is 17.5 Å². The third-order valence-electron chi connectivity index (χ3n) is 2.64. The number of hydrogen-bond acceptors (Lipinski definition) is 4. The standard InChI is InChI=1S/C10H16N4/c1-6-3-14-10-8(4-12-6)7(2)13-5-9(10)11/h5-6,12,14H,3-4,11H2,1-2H3. The molecule has 4 heteroatoms. The van der Waals surface area contributed by atoms with E-state index < -0.39 is 0 Å². The SMILES string of the molecule is Cc1ncc(N)c2c1CNC(C)CN2. The van der Waals surface area contributed by atoms with Gasteiger partial charge in [0, 0.05) is 30.4 Å². The van der Waals surface area contributed by atoms with Gasteiger partial charge in [-0.15, -0.1) is 0 Å². The number of nitrogen functional groups attached to an aromatic ring is 1. The molecule has 4 nitrogen and oxygen atoms in total. The average Bonchev–Trinajstić information content (AvgIpc) is 2.35. The summed E-state index contributed by atoms with van der Waals surface area (Å²) < 4.78 is 0. The number of aromatic nitrogens is 1. The predicted octanol–water partition coefficient (Wildman–Crippen LogP) is 0.876. The molecule has 0 bridgehead atoms. The van der Waals surface area contributed by atoms with Crippen molar-refractivity contribution in [2.75, 3.05) is 17.6 Å². The van der Waals surface area contributed by atoms with Gasteiger partial charge in [-0.3, -0.25) is 4.98 Å². The van der Waals surface area contributed by atoms with Crippen molar-refractivity contribution < 1.29 is 0 Å². The maximum Gasteiger partial charge on any atom is 0.0739 e. The van der Waals surface area contributed by atoms with Gasteiger partial charge < -0.3 is 16.4 Å². The minimum Gasteiger partial charge on any atom is -0.396 e. The Bertz CT molecular complexity index is 315. The second-order valence-corrected chi connectivity index (χ2v) is 3.82. The molecule has 0 amide bonds. The van der Waals surface area contributed by atoms with Crippen molar-refractivity contribution in [2.45, 2.75) is 26.4 Å². The molecule has 2 rings (SSSR count). The predicted molar refractivity (Wildman–Crippen MR) is 58.2 cm³/mol. The fourth-order valence-electron chi connectivity index (χ4n) is 1.69. The lowest BCUT2D eigenvalue weighted by atomic mass is 10.1. The normalized spacial score (nSPS) is 20.9. The largest absolute Gasteiger partial charge is 0.396 e. The minimum absolute atomic E-state index is 0.459. The molecular formula is C10H16N4. The van der Waals surface area contributed by atoms with Crippen molar-refractivity contribution in [3.8, 4) is 0 Å². The average molecular weight is 192 g/mol. The fourth-order valence-corrected chi connectivity index (χ4v) is 1.69. The fraction of sp³-hybridized carbons (Fsp3) is 0.500. The van der Waals surface area contributed by atoms with Crippen molar-refractivity contribution in [1.82, 2.24) is 10.3 Å². The van der Waals surface area contributed by atoms with Crippen molar-refractivity contribution in [2.24, 2.45) is 0 Å². The highest BCUT2D eigenvalue weighted by Gasteiger charge is 2.15. The Morgan fingerprint density at radius 2 is 2.36 bits per heavy atom. The Morgan fingerprint density at radius 1 is 1.57 bits per heavy atom. The maximum atomic E-state index is 5.87.